The molecule has 118 valence electrons. The molecule has 1 rings (SSSR count). The summed E-state index contributed by atoms with van der Waals surface area (Å²) in [6.07, 6.45) is 1.79. The predicted octanol–water partition coefficient (Wildman–Crippen LogP) is 2.46. The van der Waals surface area contributed by atoms with Gasteiger partial charge in [-0.1, -0.05) is 26.8 Å². The van der Waals surface area contributed by atoms with Crippen molar-refractivity contribution in [1.82, 2.24) is 4.90 Å². The number of carboxylic acids is 1. The summed E-state index contributed by atoms with van der Waals surface area (Å²) in [6.45, 7) is 9.73. The molecule has 0 amide bonds. The van der Waals surface area contributed by atoms with Crippen LogP contribution >= 0.6 is 0 Å². The summed E-state index contributed by atoms with van der Waals surface area (Å²) in [5.41, 5.74) is 13.3. The van der Waals surface area contributed by atoms with Crippen LogP contribution in [0.2, 0.25) is 0 Å². The molecule has 0 fully saturated rings. The van der Waals surface area contributed by atoms with Crippen molar-refractivity contribution >= 4 is 17.3 Å². The van der Waals surface area contributed by atoms with E-state index in [0.29, 0.717) is 11.6 Å². The van der Waals surface area contributed by atoms with Gasteiger partial charge < -0.3 is 21.5 Å². The minimum atomic E-state index is -1.04. The normalized spacial score (nSPS) is 11.3. The Balaban J connectivity index is 2.64. The van der Waals surface area contributed by atoms with Gasteiger partial charge in [-0.05, 0) is 43.5 Å². The molecule has 0 saturated heterocycles. The number of aromatic carboxylic acids is 1. The van der Waals surface area contributed by atoms with Crippen molar-refractivity contribution in [3.63, 3.8) is 0 Å². The van der Waals surface area contributed by atoms with Gasteiger partial charge in [0.1, 0.15) is 0 Å². The van der Waals surface area contributed by atoms with Gasteiger partial charge in [0.05, 0.1) is 16.9 Å². The smallest absolute Gasteiger partial charge is 0.337 e. The molecule has 0 heterocycles. The number of aryl methyl sites for hydroxylation is 1. The lowest BCUT2D eigenvalue weighted by atomic mass is 10.0. The number of rotatable bonds is 8. The van der Waals surface area contributed by atoms with Crippen molar-refractivity contribution < 1.29 is 9.90 Å². The number of carboxylic acid groups (broad SMARTS) is 1. The van der Waals surface area contributed by atoms with Gasteiger partial charge in [0.25, 0.3) is 0 Å². The molecule has 0 saturated carbocycles. The van der Waals surface area contributed by atoms with E-state index in [0.717, 1.165) is 38.0 Å². The Morgan fingerprint density at radius 1 is 1.29 bits per heavy atom. The highest BCUT2D eigenvalue weighted by Gasteiger charge is 2.13. The molecule has 5 N–H and O–H groups in total. The number of hydrogen-bond donors (Lipinski definition) is 3. The fourth-order valence-corrected chi connectivity index (χ4v) is 2.47. The average molecular weight is 293 g/mol. The van der Waals surface area contributed by atoms with E-state index in [9.17, 15) is 4.79 Å². The first-order chi connectivity index (χ1) is 9.86. The number of benzene rings is 1. The summed E-state index contributed by atoms with van der Waals surface area (Å²) >= 11 is 0. The van der Waals surface area contributed by atoms with E-state index < -0.39 is 5.97 Å². The molecule has 0 aliphatic carbocycles. The summed E-state index contributed by atoms with van der Waals surface area (Å²) in [5.74, 6) is -0.389. The molecule has 1 aromatic rings. The minimum Gasteiger partial charge on any atom is -0.478 e. The lowest BCUT2D eigenvalue weighted by molar-refractivity contribution is 0.0698. The number of nitrogens with two attached hydrogens (primary N) is 2. The maximum atomic E-state index is 11.0. The van der Waals surface area contributed by atoms with E-state index in [4.69, 9.17) is 16.6 Å². The number of anilines is 2. The highest BCUT2D eigenvalue weighted by atomic mass is 16.4. The quantitative estimate of drug-likeness (QED) is 0.640. The third-order valence-corrected chi connectivity index (χ3v) is 3.60. The second-order valence-corrected chi connectivity index (χ2v) is 5.80. The van der Waals surface area contributed by atoms with E-state index >= 15 is 0 Å². The molecule has 5 nitrogen and oxygen atoms in total. The third-order valence-electron chi connectivity index (χ3n) is 3.60. The topological polar surface area (TPSA) is 92.6 Å². The zero-order valence-corrected chi connectivity index (χ0v) is 13.2. The molecule has 0 aliphatic heterocycles. The van der Waals surface area contributed by atoms with Gasteiger partial charge in [0.2, 0.25) is 0 Å². The van der Waals surface area contributed by atoms with E-state index in [-0.39, 0.29) is 11.3 Å². The molecule has 0 spiro atoms. The van der Waals surface area contributed by atoms with E-state index in [2.05, 4.69) is 25.7 Å². The Labute approximate surface area is 126 Å². The lowest BCUT2D eigenvalue weighted by Crippen LogP contribution is -2.28. The van der Waals surface area contributed by atoms with Crippen LogP contribution in [0, 0.1) is 5.92 Å². The molecule has 0 atom stereocenters. The summed E-state index contributed by atoms with van der Waals surface area (Å²) in [7, 11) is 0. The van der Waals surface area contributed by atoms with Crippen LogP contribution in [0.4, 0.5) is 11.4 Å². The van der Waals surface area contributed by atoms with Crippen molar-refractivity contribution in [2.45, 2.75) is 33.6 Å². The van der Waals surface area contributed by atoms with Crippen LogP contribution in [-0.4, -0.2) is 35.6 Å². The van der Waals surface area contributed by atoms with E-state index in [1.807, 2.05) is 0 Å². The van der Waals surface area contributed by atoms with Gasteiger partial charge in [-0.25, -0.2) is 4.79 Å². The Kier molecular flexibility index (Phi) is 6.49. The Morgan fingerprint density at radius 2 is 1.95 bits per heavy atom. The van der Waals surface area contributed by atoms with E-state index in [1.54, 1.807) is 6.07 Å². The Bertz CT molecular complexity index is 487. The summed E-state index contributed by atoms with van der Waals surface area (Å²) in [5, 5.41) is 9.00. The first kappa shape index (κ1) is 17.3. The van der Waals surface area contributed by atoms with Crippen LogP contribution in [0.3, 0.4) is 0 Å². The predicted molar refractivity (Wildman–Crippen MR) is 87.5 cm³/mol. The third kappa shape index (κ3) is 4.93. The molecule has 0 radical (unpaired) electrons. The van der Waals surface area contributed by atoms with Crippen LogP contribution in [0.1, 0.15) is 43.1 Å². The first-order valence-electron chi connectivity index (χ1n) is 7.49. The van der Waals surface area contributed by atoms with Crippen LogP contribution in [-0.2, 0) is 6.42 Å². The number of nitrogens with zero attached hydrogens (tertiary/aromatic N) is 1. The van der Waals surface area contributed by atoms with Gasteiger partial charge in [0.15, 0.2) is 0 Å². The number of carbonyl (C=O) groups is 1. The maximum Gasteiger partial charge on any atom is 0.337 e. The Hall–Kier alpha value is -1.75. The first-order valence-corrected chi connectivity index (χ1v) is 7.49. The van der Waals surface area contributed by atoms with Gasteiger partial charge in [-0.15, -0.1) is 0 Å². The van der Waals surface area contributed by atoms with Gasteiger partial charge in [0, 0.05) is 6.54 Å². The SMILES string of the molecule is CCN(CCCc1ccc(C(=O)O)c(N)c1N)CC(C)C. The summed E-state index contributed by atoms with van der Waals surface area (Å²) < 4.78 is 0. The second-order valence-electron chi connectivity index (χ2n) is 5.80. The summed E-state index contributed by atoms with van der Waals surface area (Å²) in [6, 6.07) is 3.31. The highest BCUT2D eigenvalue weighted by Crippen LogP contribution is 2.25. The second kappa shape index (κ2) is 7.88. The molecule has 0 aliphatic rings. The zero-order chi connectivity index (χ0) is 16.0. The monoisotopic (exact) mass is 293 g/mol. The number of hydrogen-bond acceptors (Lipinski definition) is 4. The fraction of sp³-hybridized carbons (Fsp3) is 0.562. The van der Waals surface area contributed by atoms with Gasteiger partial charge in [-0.3, -0.25) is 0 Å². The molecule has 5 heteroatoms. The van der Waals surface area contributed by atoms with Gasteiger partial charge in [-0.2, -0.15) is 0 Å². The van der Waals surface area contributed by atoms with Crippen molar-refractivity contribution in [1.29, 1.82) is 0 Å². The van der Waals surface area contributed by atoms with Gasteiger partial charge >= 0.3 is 5.97 Å². The largest absolute Gasteiger partial charge is 0.478 e. The van der Waals surface area contributed by atoms with Crippen molar-refractivity contribution in [2.75, 3.05) is 31.1 Å². The van der Waals surface area contributed by atoms with Crippen molar-refractivity contribution in [3.8, 4) is 0 Å². The average Bonchev–Trinajstić information content (AvgIpc) is 2.41. The van der Waals surface area contributed by atoms with Crippen LogP contribution in [0.25, 0.3) is 0 Å². The molecule has 1 aromatic carbocycles. The molecular weight excluding hydrogens is 266 g/mol. The number of nitrogen functional groups attached to an aromatic ring is 2. The minimum absolute atomic E-state index is 0.0752. The maximum absolute atomic E-state index is 11.0. The van der Waals surface area contributed by atoms with Crippen LogP contribution in [0.5, 0.6) is 0 Å². The van der Waals surface area contributed by atoms with E-state index in [1.165, 1.54) is 6.07 Å². The fourth-order valence-electron chi connectivity index (χ4n) is 2.47. The molecular formula is C16H27N3O2. The lowest BCUT2D eigenvalue weighted by Gasteiger charge is -2.22. The highest BCUT2D eigenvalue weighted by molar-refractivity contribution is 5.97. The Morgan fingerprint density at radius 3 is 2.48 bits per heavy atom. The molecule has 0 bridgehead atoms. The van der Waals surface area contributed by atoms with Crippen LogP contribution in [0.15, 0.2) is 12.1 Å². The zero-order valence-electron chi connectivity index (χ0n) is 13.2. The van der Waals surface area contributed by atoms with Crippen LogP contribution < -0.4 is 11.5 Å². The van der Waals surface area contributed by atoms with Crippen molar-refractivity contribution in [3.05, 3.63) is 23.3 Å². The molecule has 21 heavy (non-hydrogen) atoms. The molecule has 0 unspecified atom stereocenters. The molecule has 0 aromatic heterocycles. The van der Waals surface area contributed by atoms with Crippen molar-refractivity contribution in [2.24, 2.45) is 5.92 Å². The standard InChI is InChI=1S/C16H27N3O2/c1-4-19(10-11(2)3)9-5-6-12-7-8-13(16(20)21)15(18)14(12)17/h7-8,11H,4-6,9-10,17-18H2,1-3H3,(H,20,21). The summed E-state index contributed by atoms with van der Waals surface area (Å²) in [4.78, 5) is 13.4.